The number of ether oxygens (including phenoxy) is 2. The number of aromatic amines is 1. The van der Waals surface area contributed by atoms with Crippen LogP contribution in [0.3, 0.4) is 0 Å². The lowest BCUT2D eigenvalue weighted by Crippen LogP contribution is -2.38. The van der Waals surface area contributed by atoms with Crippen LogP contribution in [-0.2, 0) is 23.1 Å². The predicted molar refractivity (Wildman–Crippen MR) is 92.5 cm³/mol. The van der Waals surface area contributed by atoms with Gasteiger partial charge in [-0.15, -0.1) is 0 Å². The summed E-state index contributed by atoms with van der Waals surface area (Å²) in [5.74, 6) is -0.269. The highest BCUT2D eigenvalue weighted by molar-refractivity contribution is 7.55. The lowest BCUT2D eigenvalue weighted by Gasteiger charge is -2.20. The van der Waals surface area contributed by atoms with Gasteiger partial charge in [-0.25, -0.2) is 9.36 Å². The van der Waals surface area contributed by atoms with E-state index in [1.807, 2.05) is 0 Å². The molecule has 6 unspecified atom stereocenters. The van der Waals surface area contributed by atoms with Crippen molar-refractivity contribution < 1.29 is 28.2 Å². The molecule has 3 rings (SSSR count). The smallest absolute Gasteiger partial charge is 0.338 e. The number of hydrogen-bond donors (Lipinski definition) is 2. The van der Waals surface area contributed by atoms with Crippen molar-refractivity contribution in [2.24, 2.45) is 5.92 Å². The molecule has 2 heterocycles. The topological polar surface area (TPSA) is 129 Å². The zero-order valence-corrected chi connectivity index (χ0v) is 16.2. The predicted octanol–water partition coefficient (Wildman–Crippen LogP) is 0.0649. The quantitative estimate of drug-likeness (QED) is 0.585. The fourth-order valence-electron chi connectivity index (χ4n) is 3.53. The monoisotopic (exact) mass is 402 g/mol. The third-order valence-corrected chi connectivity index (χ3v) is 7.40. The molecule has 2 aliphatic rings. The van der Waals surface area contributed by atoms with Gasteiger partial charge in [-0.2, -0.15) is 0 Å². The number of H-pyrrole nitrogens is 1. The summed E-state index contributed by atoms with van der Waals surface area (Å²) in [5, 5.41) is 10.6. The zero-order chi connectivity index (χ0) is 19.8. The molecule has 11 heteroatoms. The Hall–Kier alpha value is -1.47. The Bertz CT molecular complexity index is 813. The summed E-state index contributed by atoms with van der Waals surface area (Å²) in [7, 11) is -1.94. The Morgan fingerprint density at radius 3 is 2.56 bits per heavy atom. The summed E-state index contributed by atoms with van der Waals surface area (Å²) in [6, 6.07) is 2.23. The van der Waals surface area contributed by atoms with E-state index in [1.165, 1.54) is 7.11 Å². The van der Waals surface area contributed by atoms with Gasteiger partial charge in [0.15, 0.2) is 6.23 Å². The summed E-state index contributed by atoms with van der Waals surface area (Å²) >= 11 is 0. The van der Waals surface area contributed by atoms with Crippen molar-refractivity contribution in [1.82, 2.24) is 9.55 Å². The lowest BCUT2D eigenvalue weighted by molar-refractivity contribution is -0.0572. The Balaban J connectivity index is 1.81. The number of aliphatic hydroxyl groups excluding tert-OH is 1. The highest BCUT2D eigenvalue weighted by Gasteiger charge is 2.61. The molecule has 0 aromatic carbocycles. The van der Waals surface area contributed by atoms with Crippen molar-refractivity contribution in [2.75, 3.05) is 20.3 Å². The van der Waals surface area contributed by atoms with Gasteiger partial charge in [0.1, 0.15) is 12.2 Å². The van der Waals surface area contributed by atoms with Crippen LogP contribution in [0.1, 0.15) is 26.5 Å². The Kier molecular flexibility index (Phi) is 5.91. The molecule has 1 aromatic heterocycles. The fourth-order valence-corrected chi connectivity index (χ4v) is 5.85. The van der Waals surface area contributed by atoms with Crippen molar-refractivity contribution in [3.05, 3.63) is 33.1 Å². The molecule has 6 atom stereocenters. The molecule has 1 aliphatic heterocycles. The number of aromatic nitrogens is 2. The summed E-state index contributed by atoms with van der Waals surface area (Å²) in [6.45, 7) is 3.96. The van der Waals surface area contributed by atoms with Crippen LogP contribution in [0.4, 0.5) is 0 Å². The van der Waals surface area contributed by atoms with E-state index in [0.29, 0.717) is 6.42 Å². The minimum atomic E-state index is -3.31. The van der Waals surface area contributed by atoms with E-state index in [2.05, 4.69) is 17.2 Å². The third-order valence-electron chi connectivity index (χ3n) is 4.76. The summed E-state index contributed by atoms with van der Waals surface area (Å²) in [5.41, 5.74) is -1.85. The van der Waals surface area contributed by atoms with E-state index in [4.69, 9.17) is 18.5 Å². The van der Waals surface area contributed by atoms with Gasteiger partial charge in [0.25, 0.3) is 0 Å². The molecular formula is C16H23N2O8P. The van der Waals surface area contributed by atoms with Crippen LogP contribution in [0.15, 0.2) is 9.59 Å². The van der Waals surface area contributed by atoms with Gasteiger partial charge >= 0.3 is 18.8 Å². The fraction of sp³-hybridized carbons (Fsp3) is 0.750. The van der Waals surface area contributed by atoms with Crippen molar-refractivity contribution in [1.29, 1.82) is 0 Å². The molecule has 0 spiro atoms. The highest BCUT2D eigenvalue weighted by Crippen LogP contribution is 2.67. The van der Waals surface area contributed by atoms with Crippen LogP contribution in [0.2, 0.25) is 0 Å². The normalized spacial score (nSPS) is 33.0. The summed E-state index contributed by atoms with van der Waals surface area (Å²) in [4.78, 5) is 25.3. The van der Waals surface area contributed by atoms with Gasteiger partial charge in [-0.05, 0) is 20.3 Å². The van der Waals surface area contributed by atoms with Gasteiger partial charge in [0, 0.05) is 25.3 Å². The third kappa shape index (κ3) is 3.76. The Morgan fingerprint density at radius 1 is 1.33 bits per heavy atom. The molecule has 27 heavy (non-hydrogen) atoms. The van der Waals surface area contributed by atoms with Crippen molar-refractivity contribution >= 4 is 7.60 Å². The molecule has 1 saturated heterocycles. The number of nitrogens with one attached hydrogen (secondary N) is 1. The van der Waals surface area contributed by atoms with Crippen molar-refractivity contribution in [3.63, 3.8) is 0 Å². The minimum Gasteiger partial charge on any atom is -0.387 e. The Labute approximate surface area is 155 Å². The largest absolute Gasteiger partial charge is 0.387 e. The SMILES string of the molecule is CCOP(=O)(OCC)C1CC1C1OC(n2c#cc(=O)[nH]c2=O)C(OC)C1O. The van der Waals surface area contributed by atoms with E-state index in [1.54, 1.807) is 13.8 Å². The number of aliphatic hydroxyl groups is 1. The number of hydrogen-bond acceptors (Lipinski definition) is 8. The van der Waals surface area contributed by atoms with Crippen LogP contribution in [0.5, 0.6) is 0 Å². The van der Waals surface area contributed by atoms with Gasteiger partial charge in [0.2, 0.25) is 0 Å². The first kappa shape index (κ1) is 20.3. The maximum Gasteiger partial charge on any atom is 0.338 e. The molecule has 1 aliphatic carbocycles. The molecule has 1 saturated carbocycles. The molecule has 0 bridgehead atoms. The first-order valence-electron chi connectivity index (χ1n) is 8.77. The molecule has 150 valence electrons. The van der Waals surface area contributed by atoms with E-state index in [0.717, 1.165) is 4.57 Å². The summed E-state index contributed by atoms with van der Waals surface area (Å²) < 4.78 is 35.8. The zero-order valence-electron chi connectivity index (χ0n) is 15.3. The second kappa shape index (κ2) is 7.87. The van der Waals surface area contributed by atoms with E-state index in [-0.39, 0.29) is 19.1 Å². The molecule has 2 fully saturated rings. The van der Waals surface area contributed by atoms with Gasteiger partial charge in [-0.1, -0.05) is 0 Å². The average Bonchev–Trinajstić information content (AvgIpc) is 3.34. The molecule has 2 N–H and O–H groups in total. The summed E-state index contributed by atoms with van der Waals surface area (Å²) in [6.07, 6.45) is -0.770. The molecular weight excluding hydrogens is 379 g/mol. The molecule has 10 nitrogen and oxygen atoms in total. The highest BCUT2D eigenvalue weighted by atomic mass is 31.2. The van der Waals surface area contributed by atoms with Crippen LogP contribution in [0.25, 0.3) is 0 Å². The van der Waals surface area contributed by atoms with Crippen LogP contribution in [0, 0.1) is 18.2 Å². The molecule has 0 radical (unpaired) electrons. The lowest BCUT2D eigenvalue weighted by atomic mass is 10.1. The van der Waals surface area contributed by atoms with E-state index >= 15 is 0 Å². The first-order chi connectivity index (χ1) is 12.9. The maximum atomic E-state index is 12.9. The van der Waals surface area contributed by atoms with Gasteiger partial charge in [-0.3, -0.25) is 14.3 Å². The van der Waals surface area contributed by atoms with Gasteiger partial charge < -0.3 is 23.6 Å². The van der Waals surface area contributed by atoms with E-state index < -0.39 is 49.0 Å². The second-order valence-electron chi connectivity index (χ2n) is 6.39. The molecule has 0 amide bonds. The second-order valence-corrected chi connectivity index (χ2v) is 8.65. The van der Waals surface area contributed by atoms with Crippen molar-refractivity contribution in [2.45, 2.75) is 50.5 Å². The van der Waals surface area contributed by atoms with Crippen LogP contribution in [-0.4, -0.2) is 59.0 Å². The van der Waals surface area contributed by atoms with E-state index in [9.17, 15) is 19.3 Å². The number of nitrogens with zero attached hydrogens (tertiary/aromatic N) is 1. The first-order valence-corrected chi connectivity index (χ1v) is 10.4. The Morgan fingerprint density at radius 2 is 2.00 bits per heavy atom. The number of methoxy groups -OCH3 is 1. The standard InChI is InChI=1S/C16H23N2O8P/c1-4-24-27(22,25-5-2)10-8-9(10)13-12(20)14(23-3)15(26-13)18-7-6-11(19)17-16(18)21/h9-10,12-15,20H,4-5,8H2,1-3H3,(H,17,19,21). The minimum absolute atomic E-state index is 0.245. The molecule has 1 aromatic rings. The van der Waals surface area contributed by atoms with Crippen LogP contribution >= 0.6 is 7.60 Å². The van der Waals surface area contributed by atoms with Crippen molar-refractivity contribution in [3.8, 4) is 0 Å². The van der Waals surface area contributed by atoms with Gasteiger partial charge in [0.05, 0.1) is 25.0 Å². The maximum absolute atomic E-state index is 12.9. The number of rotatable bonds is 8. The average molecular weight is 402 g/mol. The van der Waals surface area contributed by atoms with Crippen LogP contribution < -0.4 is 11.2 Å².